The summed E-state index contributed by atoms with van der Waals surface area (Å²) in [5, 5.41) is 0. The molecule has 0 spiro atoms. The molecule has 1 fully saturated rings. The van der Waals surface area contributed by atoms with Crippen LogP contribution in [0.4, 0.5) is 0 Å². The largest absolute Gasteiger partial charge is 0.490 e. The van der Waals surface area contributed by atoms with Crippen LogP contribution in [0.15, 0.2) is 23.1 Å². The zero-order valence-electron chi connectivity index (χ0n) is 12.7. The SMILES string of the molecule is NC(=O)C1CCN(S(=O)(=O)c2ccc3c(c2)OCCCO3)CC1. The van der Waals surface area contributed by atoms with Gasteiger partial charge in [0.25, 0.3) is 0 Å². The zero-order valence-corrected chi connectivity index (χ0v) is 13.5. The van der Waals surface area contributed by atoms with Crippen LogP contribution in [0.5, 0.6) is 11.5 Å². The fraction of sp³-hybridized carbons (Fsp3) is 0.533. The quantitative estimate of drug-likeness (QED) is 0.875. The zero-order chi connectivity index (χ0) is 16.4. The minimum Gasteiger partial charge on any atom is -0.490 e. The van der Waals surface area contributed by atoms with Crippen molar-refractivity contribution in [3.63, 3.8) is 0 Å². The van der Waals surface area contributed by atoms with Gasteiger partial charge < -0.3 is 15.2 Å². The number of amides is 1. The Balaban J connectivity index is 1.80. The fourth-order valence-electron chi connectivity index (χ4n) is 2.83. The number of primary amides is 1. The van der Waals surface area contributed by atoms with E-state index < -0.39 is 10.0 Å². The van der Waals surface area contributed by atoms with Gasteiger partial charge in [0.15, 0.2) is 11.5 Å². The number of hydrogen-bond donors (Lipinski definition) is 1. The number of sulfonamides is 1. The van der Waals surface area contributed by atoms with Gasteiger partial charge >= 0.3 is 0 Å². The molecule has 8 heteroatoms. The first kappa shape index (κ1) is 16.1. The highest BCUT2D eigenvalue weighted by Crippen LogP contribution is 2.33. The molecule has 2 heterocycles. The van der Waals surface area contributed by atoms with E-state index in [1.807, 2.05) is 0 Å². The van der Waals surface area contributed by atoms with E-state index in [4.69, 9.17) is 15.2 Å². The molecule has 0 bridgehead atoms. The van der Waals surface area contributed by atoms with Crippen molar-refractivity contribution >= 4 is 15.9 Å². The Labute approximate surface area is 135 Å². The summed E-state index contributed by atoms with van der Waals surface area (Å²) in [4.78, 5) is 11.4. The van der Waals surface area contributed by atoms with Crippen LogP contribution in [0, 0.1) is 5.92 Å². The molecule has 7 nitrogen and oxygen atoms in total. The first-order valence-corrected chi connectivity index (χ1v) is 9.11. The Kier molecular flexibility index (Phi) is 4.45. The maximum Gasteiger partial charge on any atom is 0.243 e. The average molecular weight is 340 g/mol. The van der Waals surface area contributed by atoms with Crippen molar-refractivity contribution in [2.24, 2.45) is 11.7 Å². The van der Waals surface area contributed by atoms with Crippen LogP contribution in [0.25, 0.3) is 0 Å². The molecule has 1 aromatic rings. The standard InChI is InChI=1S/C15H20N2O5S/c16-15(18)11-4-6-17(7-5-11)23(19,20)12-2-3-13-14(10-12)22-9-1-8-21-13/h2-3,10-11H,1,4-9H2,(H2,16,18). The Morgan fingerprint density at radius 2 is 1.78 bits per heavy atom. The third-order valence-corrected chi connectivity index (χ3v) is 6.11. The predicted molar refractivity (Wildman–Crippen MR) is 82.7 cm³/mol. The summed E-state index contributed by atoms with van der Waals surface area (Å²) in [5.41, 5.74) is 5.29. The fourth-order valence-corrected chi connectivity index (χ4v) is 4.32. The van der Waals surface area contributed by atoms with E-state index in [9.17, 15) is 13.2 Å². The minimum absolute atomic E-state index is 0.180. The lowest BCUT2D eigenvalue weighted by Gasteiger charge is -2.29. The number of fused-ring (bicyclic) bond motifs is 1. The van der Waals surface area contributed by atoms with Gasteiger partial charge in [-0.15, -0.1) is 0 Å². The van der Waals surface area contributed by atoms with E-state index in [2.05, 4.69) is 0 Å². The van der Waals surface area contributed by atoms with Crippen molar-refractivity contribution in [3.8, 4) is 11.5 Å². The number of nitrogens with two attached hydrogens (primary N) is 1. The summed E-state index contributed by atoms with van der Waals surface area (Å²) in [6, 6.07) is 4.67. The van der Waals surface area contributed by atoms with Crippen molar-refractivity contribution in [3.05, 3.63) is 18.2 Å². The number of piperidine rings is 1. The summed E-state index contributed by atoms with van der Waals surface area (Å²) >= 11 is 0. The smallest absolute Gasteiger partial charge is 0.243 e. The molecule has 0 atom stereocenters. The monoisotopic (exact) mass is 340 g/mol. The van der Waals surface area contributed by atoms with E-state index in [1.54, 1.807) is 6.07 Å². The third-order valence-electron chi connectivity index (χ3n) is 4.21. The molecule has 0 aromatic heterocycles. The number of rotatable bonds is 3. The van der Waals surface area contributed by atoms with Crippen molar-refractivity contribution in [2.75, 3.05) is 26.3 Å². The Morgan fingerprint density at radius 1 is 1.13 bits per heavy atom. The van der Waals surface area contributed by atoms with E-state index in [-0.39, 0.29) is 16.7 Å². The van der Waals surface area contributed by atoms with Crippen molar-refractivity contribution in [2.45, 2.75) is 24.2 Å². The van der Waals surface area contributed by atoms with Crippen molar-refractivity contribution in [1.29, 1.82) is 0 Å². The number of ether oxygens (including phenoxy) is 2. The molecule has 3 rings (SSSR count). The second-order valence-corrected chi connectivity index (χ2v) is 7.68. The Morgan fingerprint density at radius 3 is 2.43 bits per heavy atom. The maximum atomic E-state index is 12.7. The normalized spacial score (nSPS) is 20.0. The van der Waals surface area contributed by atoms with Crippen LogP contribution >= 0.6 is 0 Å². The Bertz CT molecular complexity index is 696. The first-order chi connectivity index (χ1) is 11.0. The number of carbonyl (C=O) groups excluding carboxylic acids is 1. The van der Waals surface area contributed by atoms with Gasteiger partial charge in [-0.05, 0) is 25.0 Å². The summed E-state index contributed by atoms with van der Waals surface area (Å²) in [6.07, 6.45) is 1.68. The highest BCUT2D eigenvalue weighted by atomic mass is 32.2. The van der Waals surface area contributed by atoms with Crippen LogP contribution in [0.2, 0.25) is 0 Å². The molecule has 0 radical (unpaired) electrons. The van der Waals surface area contributed by atoms with Gasteiger partial charge in [-0.3, -0.25) is 4.79 Å². The molecule has 1 amide bonds. The molecule has 0 unspecified atom stereocenters. The second-order valence-electron chi connectivity index (χ2n) is 5.74. The first-order valence-electron chi connectivity index (χ1n) is 7.67. The highest BCUT2D eigenvalue weighted by molar-refractivity contribution is 7.89. The van der Waals surface area contributed by atoms with Crippen LogP contribution in [-0.4, -0.2) is 44.9 Å². The molecular formula is C15H20N2O5S. The number of carbonyl (C=O) groups is 1. The predicted octanol–water partition coefficient (Wildman–Crippen LogP) is 0.734. The van der Waals surface area contributed by atoms with Crippen LogP contribution in [0.3, 0.4) is 0 Å². The van der Waals surface area contributed by atoms with Crippen LogP contribution < -0.4 is 15.2 Å². The number of hydrogen-bond acceptors (Lipinski definition) is 5. The lowest BCUT2D eigenvalue weighted by Crippen LogP contribution is -2.41. The molecular weight excluding hydrogens is 320 g/mol. The molecule has 1 aromatic carbocycles. The van der Waals surface area contributed by atoms with Gasteiger partial charge in [-0.25, -0.2) is 8.42 Å². The van der Waals surface area contributed by atoms with E-state index in [0.29, 0.717) is 50.6 Å². The number of benzene rings is 1. The minimum atomic E-state index is -3.61. The van der Waals surface area contributed by atoms with Gasteiger partial charge in [0.1, 0.15) is 0 Å². The van der Waals surface area contributed by atoms with E-state index in [0.717, 1.165) is 6.42 Å². The molecule has 1 saturated heterocycles. The summed E-state index contributed by atoms with van der Waals surface area (Å²) < 4.78 is 38.0. The van der Waals surface area contributed by atoms with Crippen molar-refractivity contribution in [1.82, 2.24) is 4.31 Å². The second kappa shape index (κ2) is 6.37. The van der Waals surface area contributed by atoms with Gasteiger partial charge in [0, 0.05) is 31.5 Å². The van der Waals surface area contributed by atoms with E-state index in [1.165, 1.54) is 16.4 Å². The molecule has 126 valence electrons. The lowest BCUT2D eigenvalue weighted by atomic mass is 9.98. The topological polar surface area (TPSA) is 98.9 Å². The van der Waals surface area contributed by atoms with E-state index >= 15 is 0 Å². The van der Waals surface area contributed by atoms with Gasteiger partial charge in [-0.1, -0.05) is 0 Å². The molecule has 2 aliphatic heterocycles. The lowest BCUT2D eigenvalue weighted by molar-refractivity contribution is -0.122. The molecule has 2 aliphatic rings. The molecule has 2 N–H and O–H groups in total. The Hall–Kier alpha value is -1.80. The van der Waals surface area contributed by atoms with Crippen LogP contribution in [0.1, 0.15) is 19.3 Å². The number of nitrogens with zero attached hydrogens (tertiary/aromatic N) is 1. The molecule has 0 aliphatic carbocycles. The maximum absolute atomic E-state index is 12.7. The summed E-state index contributed by atoms with van der Waals surface area (Å²) in [6.45, 7) is 1.65. The van der Waals surface area contributed by atoms with Gasteiger partial charge in [0.05, 0.1) is 18.1 Å². The van der Waals surface area contributed by atoms with Crippen LogP contribution in [-0.2, 0) is 14.8 Å². The highest BCUT2D eigenvalue weighted by Gasteiger charge is 2.32. The van der Waals surface area contributed by atoms with Gasteiger partial charge in [-0.2, -0.15) is 4.31 Å². The average Bonchev–Trinajstić information content (AvgIpc) is 2.79. The summed E-state index contributed by atoms with van der Waals surface area (Å²) in [5.74, 6) is 0.410. The van der Waals surface area contributed by atoms with Crippen molar-refractivity contribution < 1.29 is 22.7 Å². The molecule has 0 saturated carbocycles. The third kappa shape index (κ3) is 3.28. The summed E-state index contributed by atoms with van der Waals surface area (Å²) in [7, 11) is -3.61. The molecule has 23 heavy (non-hydrogen) atoms. The van der Waals surface area contributed by atoms with Gasteiger partial charge in [0.2, 0.25) is 15.9 Å².